The average Bonchev–Trinajstić information content (AvgIpc) is 2.50. The minimum absolute atomic E-state index is 0.0914. The van der Waals surface area contributed by atoms with Gasteiger partial charge in [0.2, 0.25) is 5.91 Å². The van der Waals surface area contributed by atoms with E-state index in [1.54, 1.807) is 19.2 Å². The molecule has 5 nitrogen and oxygen atoms in total. The second-order valence-electron chi connectivity index (χ2n) is 5.28. The maximum atomic E-state index is 11.6. The Kier molecular flexibility index (Phi) is 5.31. The maximum Gasteiger partial charge on any atom is 0.222 e. The summed E-state index contributed by atoms with van der Waals surface area (Å²) >= 11 is 6.04. The monoisotopic (exact) mass is 312 g/mol. The number of phenolic OH excluding ortho intramolecular Hbond substituents is 1. The summed E-state index contributed by atoms with van der Waals surface area (Å²) in [5, 5.41) is 13.4. The Bertz CT molecular complexity index is 514. The Hall–Kier alpha value is -1.46. The van der Waals surface area contributed by atoms with Crippen molar-refractivity contribution in [2.45, 2.75) is 19.4 Å². The fourth-order valence-corrected chi connectivity index (χ4v) is 2.93. The highest BCUT2D eigenvalue weighted by molar-refractivity contribution is 6.30. The topological polar surface area (TPSA) is 61.8 Å². The van der Waals surface area contributed by atoms with Crippen LogP contribution in [0.4, 0.5) is 0 Å². The van der Waals surface area contributed by atoms with E-state index in [-0.39, 0.29) is 17.6 Å². The lowest BCUT2D eigenvalue weighted by atomic mass is 9.95. The number of likely N-dealkylation sites (tertiary alicyclic amines) is 1. The largest absolute Gasteiger partial charge is 0.504 e. The van der Waals surface area contributed by atoms with Crippen LogP contribution in [0.25, 0.3) is 0 Å². The highest BCUT2D eigenvalue weighted by Gasteiger charge is 2.25. The lowest BCUT2D eigenvalue weighted by molar-refractivity contribution is -0.125. The number of carbonyl (C=O) groups excluding carboxylic acids is 1. The van der Waals surface area contributed by atoms with Gasteiger partial charge in [-0.15, -0.1) is 0 Å². The van der Waals surface area contributed by atoms with Crippen molar-refractivity contribution in [1.29, 1.82) is 0 Å². The Morgan fingerprint density at radius 3 is 2.71 bits per heavy atom. The number of phenols is 1. The van der Waals surface area contributed by atoms with Gasteiger partial charge >= 0.3 is 0 Å². The smallest absolute Gasteiger partial charge is 0.222 e. The van der Waals surface area contributed by atoms with Crippen LogP contribution in [0.2, 0.25) is 5.02 Å². The molecule has 0 bridgehead atoms. The summed E-state index contributed by atoms with van der Waals surface area (Å²) in [6, 6.07) is 3.35. The van der Waals surface area contributed by atoms with Crippen molar-refractivity contribution in [3.8, 4) is 11.5 Å². The van der Waals surface area contributed by atoms with Gasteiger partial charge < -0.3 is 15.2 Å². The number of hydrogen-bond donors (Lipinski definition) is 2. The molecule has 1 saturated heterocycles. The van der Waals surface area contributed by atoms with Gasteiger partial charge in [-0.05, 0) is 32.0 Å². The molecule has 2 N–H and O–H groups in total. The molecule has 0 radical (unpaired) electrons. The third-order valence-corrected chi connectivity index (χ3v) is 4.16. The zero-order valence-electron chi connectivity index (χ0n) is 12.4. The lowest BCUT2D eigenvalue weighted by Gasteiger charge is -2.31. The number of benzene rings is 1. The van der Waals surface area contributed by atoms with Crippen LogP contribution in [0.3, 0.4) is 0 Å². The van der Waals surface area contributed by atoms with Crippen molar-refractivity contribution < 1.29 is 14.6 Å². The second-order valence-corrected chi connectivity index (χ2v) is 5.72. The number of ether oxygens (including phenoxy) is 1. The van der Waals surface area contributed by atoms with E-state index >= 15 is 0 Å². The number of halogens is 1. The summed E-state index contributed by atoms with van der Waals surface area (Å²) in [5.74, 6) is 0.726. The molecule has 0 saturated carbocycles. The first-order chi connectivity index (χ1) is 10.0. The van der Waals surface area contributed by atoms with Crippen LogP contribution in [0, 0.1) is 5.92 Å². The van der Waals surface area contributed by atoms with Crippen LogP contribution in [0.5, 0.6) is 11.5 Å². The van der Waals surface area contributed by atoms with Gasteiger partial charge in [-0.1, -0.05) is 11.6 Å². The number of aromatic hydroxyl groups is 1. The molecular formula is C15H21ClN2O3. The van der Waals surface area contributed by atoms with Gasteiger partial charge in [0.25, 0.3) is 0 Å². The van der Waals surface area contributed by atoms with Gasteiger partial charge in [0.1, 0.15) is 0 Å². The third kappa shape index (κ3) is 3.80. The van der Waals surface area contributed by atoms with Crippen molar-refractivity contribution in [2.75, 3.05) is 27.2 Å². The molecule has 0 spiro atoms. The lowest BCUT2D eigenvalue weighted by Crippen LogP contribution is -2.39. The molecule has 1 amide bonds. The van der Waals surface area contributed by atoms with E-state index < -0.39 is 0 Å². The van der Waals surface area contributed by atoms with Gasteiger partial charge in [-0.25, -0.2) is 0 Å². The van der Waals surface area contributed by atoms with Gasteiger partial charge in [0.15, 0.2) is 11.5 Å². The minimum atomic E-state index is 0.0914. The summed E-state index contributed by atoms with van der Waals surface area (Å²) in [7, 11) is 3.18. The van der Waals surface area contributed by atoms with Crippen LogP contribution in [-0.2, 0) is 11.3 Å². The first-order valence-corrected chi connectivity index (χ1v) is 7.42. The summed E-state index contributed by atoms with van der Waals surface area (Å²) in [4.78, 5) is 13.8. The van der Waals surface area contributed by atoms with E-state index in [1.807, 2.05) is 0 Å². The Balaban J connectivity index is 2.01. The number of nitrogens with one attached hydrogen (secondary N) is 1. The maximum absolute atomic E-state index is 11.6. The fourth-order valence-electron chi connectivity index (χ4n) is 2.70. The van der Waals surface area contributed by atoms with E-state index in [2.05, 4.69) is 10.2 Å². The molecule has 116 valence electrons. The number of methoxy groups -OCH3 is 1. The number of amides is 1. The molecule has 0 aliphatic carbocycles. The van der Waals surface area contributed by atoms with E-state index in [4.69, 9.17) is 16.3 Å². The van der Waals surface area contributed by atoms with Gasteiger partial charge in [0.05, 0.1) is 7.11 Å². The van der Waals surface area contributed by atoms with Crippen molar-refractivity contribution in [2.24, 2.45) is 5.92 Å². The first-order valence-electron chi connectivity index (χ1n) is 7.04. The van der Waals surface area contributed by atoms with Crippen molar-refractivity contribution in [1.82, 2.24) is 10.2 Å². The molecular weight excluding hydrogens is 292 g/mol. The van der Waals surface area contributed by atoms with Gasteiger partial charge in [-0.2, -0.15) is 0 Å². The first kappa shape index (κ1) is 15.9. The molecule has 1 aromatic rings. The quantitative estimate of drug-likeness (QED) is 0.893. The van der Waals surface area contributed by atoms with Crippen LogP contribution in [0.15, 0.2) is 12.1 Å². The fraction of sp³-hybridized carbons (Fsp3) is 0.533. The van der Waals surface area contributed by atoms with Crippen LogP contribution in [0.1, 0.15) is 18.4 Å². The SMILES string of the molecule is CNC(=O)C1CCN(Cc2cc(Cl)cc(OC)c2O)CC1. The van der Waals surface area contributed by atoms with Crippen LogP contribution in [-0.4, -0.2) is 43.2 Å². The zero-order valence-corrected chi connectivity index (χ0v) is 13.1. The van der Waals surface area contributed by atoms with E-state index in [0.29, 0.717) is 17.3 Å². The Labute approximate surface area is 129 Å². The summed E-state index contributed by atoms with van der Waals surface area (Å²) in [5.41, 5.74) is 0.748. The zero-order chi connectivity index (χ0) is 15.4. The van der Waals surface area contributed by atoms with E-state index in [1.165, 1.54) is 7.11 Å². The highest BCUT2D eigenvalue weighted by Crippen LogP contribution is 2.34. The van der Waals surface area contributed by atoms with Crippen LogP contribution < -0.4 is 10.1 Å². The van der Waals surface area contributed by atoms with Crippen molar-refractivity contribution >= 4 is 17.5 Å². The third-order valence-electron chi connectivity index (χ3n) is 3.94. The summed E-state index contributed by atoms with van der Waals surface area (Å²) < 4.78 is 5.11. The summed E-state index contributed by atoms with van der Waals surface area (Å²) in [6.07, 6.45) is 1.66. The molecule has 1 fully saturated rings. The number of piperidine rings is 1. The molecule has 0 atom stereocenters. The molecule has 0 unspecified atom stereocenters. The second kappa shape index (κ2) is 7.00. The molecule has 21 heavy (non-hydrogen) atoms. The molecule has 1 aromatic carbocycles. The summed E-state index contributed by atoms with van der Waals surface area (Å²) in [6.45, 7) is 2.25. The van der Waals surface area contributed by atoms with Gasteiger partial charge in [-0.3, -0.25) is 9.69 Å². The van der Waals surface area contributed by atoms with Crippen LogP contribution >= 0.6 is 11.6 Å². The van der Waals surface area contributed by atoms with E-state index in [9.17, 15) is 9.90 Å². The Morgan fingerprint density at radius 1 is 1.48 bits per heavy atom. The van der Waals surface area contributed by atoms with Crippen molar-refractivity contribution in [3.05, 3.63) is 22.7 Å². The number of nitrogens with zero attached hydrogens (tertiary/aromatic N) is 1. The van der Waals surface area contributed by atoms with Gasteiger partial charge in [0, 0.05) is 36.2 Å². The molecule has 6 heteroatoms. The normalized spacial score (nSPS) is 16.7. The molecule has 1 aliphatic heterocycles. The van der Waals surface area contributed by atoms with Crippen molar-refractivity contribution in [3.63, 3.8) is 0 Å². The predicted molar refractivity (Wildman–Crippen MR) is 81.7 cm³/mol. The molecule has 2 rings (SSSR count). The minimum Gasteiger partial charge on any atom is -0.504 e. The molecule has 0 aromatic heterocycles. The number of hydrogen-bond acceptors (Lipinski definition) is 4. The Morgan fingerprint density at radius 2 is 2.14 bits per heavy atom. The highest BCUT2D eigenvalue weighted by atomic mass is 35.5. The molecule has 1 aliphatic rings. The predicted octanol–water partition coefficient (Wildman–Crippen LogP) is 2.01. The molecule has 1 heterocycles. The number of carbonyl (C=O) groups is 1. The van der Waals surface area contributed by atoms with E-state index in [0.717, 1.165) is 31.5 Å². The standard InChI is InChI=1S/C15H21ClN2O3/c1-17-15(20)10-3-5-18(6-4-10)9-11-7-12(16)8-13(21-2)14(11)19/h7-8,10,19H,3-6,9H2,1-2H3,(H,17,20). The number of rotatable bonds is 4. The average molecular weight is 313 g/mol.